The summed E-state index contributed by atoms with van der Waals surface area (Å²) in [6, 6.07) is 28.1. The van der Waals surface area contributed by atoms with Crippen molar-refractivity contribution in [3.8, 4) is 11.3 Å². The molecule has 0 saturated heterocycles. The van der Waals surface area contributed by atoms with Gasteiger partial charge in [-0.2, -0.15) is 15.0 Å². The highest BCUT2D eigenvalue weighted by molar-refractivity contribution is 5.60. The largest absolute Gasteiger partial charge is 0.387 e. The lowest BCUT2D eigenvalue weighted by atomic mass is 10.1. The standard InChI is InChI=1S/C25H26N4O/c1-19-10-8-9-15-22(19)18-29-27-23(25(28-29)21-13-6-3-7-14-21)16-26-17-24(30)20-11-4-2-5-12-20/h2-15,24,26,30H,16-18H2,1H3/t24-/m1/s1. The zero-order valence-electron chi connectivity index (χ0n) is 17.1. The molecule has 0 radical (unpaired) electrons. The van der Waals surface area contributed by atoms with E-state index in [1.165, 1.54) is 11.1 Å². The van der Waals surface area contributed by atoms with Crippen LogP contribution in [0, 0.1) is 6.92 Å². The van der Waals surface area contributed by atoms with Crippen LogP contribution in [0.3, 0.4) is 0 Å². The lowest BCUT2D eigenvalue weighted by Gasteiger charge is -2.11. The number of aliphatic hydroxyl groups is 1. The molecular weight excluding hydrogens is 372 g/mol. The molecule has 1 aromatic heterocycles. The molecule has 4 rings (SSSR count). The lowest BCUT2D eigenvalue weighted by Crippen LogP contribution is -2.21. The van der Waals surface area contributed by atoms with Crippen molar-refractivity contribution in [3.05, 3.63) is 107 Å². The minimum atomic E-state index is -0.562. The summed E-state index contributed by atoms with van der Waals surface area (Å²) in [6.07, 6.45) is -0.562. The fourth-order valence-corrected chi connectivity index (χ4v) is 3.45. The maximum atomic E-state index is 10.4. The molecule has 1 atom stereocenters. The predicted octanol–water partition coefficient (Wildman–Crippen LogP) is 4.13. The molecule has 0 aliphatic carbocycles. The van der Waals surface area contributed by atoms with Gasteiger partial charge in [-0.25, -0.2) is 0 Å². The van der Waals surface area contributed by atoms with Crippen molar-refractivity contribution in [2.45, 2.75) is 26.1 Å². The van der Waals surface area contributed by atoms with Crippen molar-refractivity contribution < 1.29 is 5.11 Å². The molecule has 0 spiro atoms. The van der Waals surface area contributed by atoms with E-state index >= 15 is 0 Å². The molecule has 0 saturated carbocycles. The molecule has 0 aliphatic rings. The number of aromatic nitrogens is 3. The normalized spacial score (nSPS) is 12.1. The van der Waals surface area contributed by atoms with E-state index in [1.807, 2.05) is 72.8 Å². The molecule has 5 nitrogen and oxygen atoms in total. The molecule has 5 heteroatoms. The predicted molar refractivity (Wildman–Crippen MR) is 119 cm³/mol. The molecule has 2 N–H and O–H groups in total. The van der Waals surface area contributed by atoms with Gasteiger partial charge < -0.3 is 10.4 Å². The fraction of sp³-hybridized carbons (Fsp3) is 0.200. The maximum absolute atomic E-state index is 10.4. The topological polar surface area (TPSA) is 63.0 Å². The number of nitrogens with one attached hydrogen (secondary N) is 1. The van der Waals surface area contributed by atoms with Crippen LogP contribution in [-0.2, 0) is 13.1 Å². The summed E-state index contributed by atoms with van der Waals surface area (Å²) < 4.78 is 0. The van der Waals surface area contributed by atoms with E-state index in [4.69, 9.17) is 10.2 Å². The fourth-order valence-electron chi connectivity index (χ4n) is 3.45. The molecule has 3 aromatic carbocycles. The Morgan fingerprint density at radius 3 is 2.27 bits per heavy atom. The van der Waals surface area contributed by atoms with Crippen LogP contribution in [-0.4, -0.2) is 26.6 Å². The first-order chi connectivity index (χ1) is 14.7. The molecule has 0 aliphatic heterocycles. The van der Waals surface area contributed by atoms with Gasteiger partial charge in [0.1, 0.15) is 11.4 Å². The summed E-state index contributed by atoms with van der Waals surface area (Å²) in [5.41, 5.74) is 6.10. The minimum Gasteiger partial charge on any atom is -0.387 e. The number of rotatable bonds is 8. The van der Waals surface area contributed by atoms with Gasteiger partial charge in [0.2, 0.25) is 0 Å². The van der Waals surface area contributed by atoms with E-state index in [2.05, 4.69) is 24.4 Å². The zero-order chi connectivity index (χ0) is 20.8. The summed E-state index contributed by atoms with van der Waals surface area (Å²) in [5.74, 6) is 0. The van der Waals surface area contributed by atoms with Gasteiger partial charge in [-0.15, -0.1) is 0 Å². The van der Waals surface area contributed by atoms with E-state index < -0.39 is 6.10 Å². The van der Waals surface area contributed by atoms with Crippen LogP contribution in [0.4, 0.5) is 0 Å². The van der Waals surface area contributed by atoms with Gasteiger partial charge in [-0.1, -0.05) is 84.9 Å². The highest BCUT2D eigenvalue weighted by atomic mass is 16.3. The molecule has 0 amide bonds. The third-order valence-electron chi connectivity index (χ3n) is 5.16. The summed E-state index contributed by atoms with van der Waals surface area (Å²) in [4.78, 5) is 1.76. The first kappa shape index (κ1) is 20.0. The Morgan fingerprint density at radius 1 is 0.867 bits per heavy atom. The van der Waals surface area contributed by atoms with Crippen LogP contribution in [0.5, 0.6) is 0 Å². The second-order valence-corrected chi connectivity index (χ2v) is 7.38. The summed E-state index contributed by atoms with van der Waals surface area (Å²) in [6.45, 7) is 3.70. The average molecular weight is 399 g/mol. The lowest BCUT2D eigenvalue weighted by molar-refractivity contribution is 0.174. The van der Waals surface area contributed by atoms with Gasteiger partial charge in [-0.3, -0.25) is 0 Å². The highest BCUT2D eigenvalue weighted by Gasteiger charge is 2.15. The third kappa shape index (κ3) is 4.82. The van der Waals surface area contributed by atoms with E-state index in [-0.39, 0.29) is 0 Å². The highest BCUT2D eigenvalue weighted by Crippen LogP contribution is 2.21. The smallest absolute Gasteiger partial charge is 0.117 e. The van der Waals surface area contributed by atoms with Crippen LogP contribution in [0.15, 0.2) is 84.9 Å². The van der Waals surface area contributed by atoms with E-state index in [9.17, 15) is 5.11 Å². The van der Waals surface area contributed by atoms with Crippen LogP contribution in [0.25, 0.3) is 11.3 Å². The van der Waals surface area contributed by atoms with Crippen molar-refractivity contribution in [3.63, 3.8) is 0 Å². The van der Waals surface area contributed by atoms with E-state index in [1.54, 1.807) is 4.80 Å². The average Bonchev–Trinajstić information content (AvgIpc) is 3.19. The number of aryl methyl sites for hydroxylation is 1. The van der Waals surface area contributed by atoms with Crippen molar-refractivity contribution in [1.29, 1.82) is 0 Å². The van der Waals surface area contributed by atoms with Gasteiger partial charge in [0.25, 0.3) is 0 Å². The Balaban J connectivity index is 1.52. The summed E-state index contributed by atoms with van der Waals surface area (Å²) in [5, 5.41) is 23.3. The molecule has 0 fully saturated rings. The van der Waals surface area contributed by atoms with Crippen molar-refractivity contribution in [2.75, 3.05) is 6.54 Å². The molecule has 30 heavy (non-hydrogen) atoms. The van der Waals surface area contributed by atoms with Crippen LogP contribution in [0.1, 0.15) is 28.5 Å². The number of nitrogens with zero attached hydrogens (tertiary/aromatic N) is 3. The molecule has 1 heterocycles. The van der Waals surface area contributed by atoms with Crippen LogP contribution in [0.2, 0.25) is 0 Å². The number of benzene rings is 3. The number of hydrogen-bond donors (Lipinski definition) is 2. The Bertz CT molecular complexity index is 1080. The Labute approximate surface area is 177 Å². The zero-order valence-corrected chi connectivity index (χ0v) is 17.1. The quantitative estimate of drug-likeness (QED) is 0.469. The van der Waals surface area contributed by atoms with Gasteiger partial charge in [-0.05, 0) is 23.6 Å². The Hall–Kier alpha value is -3.28. The van der Waals surface area contributed by atoms with Gasteiger partial charge in [0.05, 0.1) is 12.6 Å². The molecule has 4 aromatic rings. The maximum Gasteiger partial charge on any atom is 0.117 e. The monoisotopic (exact) mass is 398 g/mol. The second-order valence-electron chi connectivity index (χ2n) is 7.38. The summed E-state index contributed by atoms with van der Waals surface area (Å²) in [7, 11) is 0. The third-order valence-corrected chi connectivity index (χ3v) is 5.16. The molecule has 0 bridgehead atoms. The van der Waals surface area contributed by atoms with Crippen LogP contribution < -0.4 is 5.32 Å². The van der Waals surface area contributed by atoms with Gasteiger partial charge in [0, 0.05) is 18.7 Å². The van der Waals surface area contributed by atoms with Crippen molar-refractivity contribution >= 4 is 0 Å². The molecule has 0 unspecified atom stereocenters. The van der Waals surface area contributed by atoms with Crippen LogP contribution >= 0.6 is 0 Å². The summed E-state index contributed by atoms with van der Waals surface area (Å²) >= 11 is 0. The van der Waals surface area contributed by atoms with Crippen molar-refractivity contribution in [1.82, 2.24) is 20.3 Å². The van der Waals surface area contributed by atoms with Gasteiger partial charge >= 0.3 is 0 Å². The molecular formula is C25H26N4O. The number of hydrogen-bond acceptors (Lipinski definition) is 4. The first-order valence-electron chi connectivity index (χ1n) is 10.2. The van der Waals surface area contributed by atoms with Gasteiger partial charge in [0.15, 0.2) is 0 Å². The SMILES string of the molecule is Cc1ccccc1Cn1nc(CNC[C@@H](O)c2ccccc2)c(-c2ccccc2)n1. The second kappa shape index (κ2) is 9.48. The Kier molecular flexibility index (Phi) is 6.32. The Morgan fingerprint density at radius 2 is 1.53 bits per heavy atom. The number of aliphatic hydroxyl groups excluding tert-OH is 1. The first-order valence-corrected chi connectivity index (χ1v) is 10.2. The van der Waals surface area contributed by atoms with E-state index in [0.29, 0.717) is 19.6 Å². The van der Waals surface area contributed by atoms with Crippen molar-refractivity contribution in [2.24, 2.45) is 0 Å². The minimum absolute atomic E-state index is 0.447. The van der Waals surface area contributed by atoms with E-state index in [0.717, 1.165) is 22.5 Å². The molecule has 152 valence electrons.